The molecule has 3 aliphatic rings. The van der Waals surface area contributed by atoms with Crippen LogP contribution >= 0.6 is 0 Å². The number of carboxylic acids is 1. The van der Waals surface area contributed by atoms with Crippen LogP contribution in [0.5, 0.6) is 0 Å². The highest BCUT2D eigenvalue weighted by Crippen LogP contribution is 2.45. The molecule has 372 valence electrons. The molecule has 1 fully saturated rings. The van der Waals surface area contributed by atoms with E-state index < -0.39 is 149 Å². The summed E-state index contributed by atoms with van der Waals surface area (Å²) in [7, 11) is -31.4. The quantitative estimate of drug-likeness (QED) is 0.0574. The Morgan fingerprint density at radius 1 is 0.629 bits per heavy atom. The van der Waals surface area contributed by atoms with Gasteiger partial charge in [0.15, 0.2) is 0 Å². The summed E-state index contributed by atoms with van der Waals surface area (Å²) in [5.41, 5.74) is -2.85. The van der Waals surface area contributed by atoms with Crippen LogP contribution in [0.3, 0.4) is 0 Å². The van der Waals surface area contributed by atoms with Gasteiger partial charge < -0.3 is 19.7 Å². The molecule has 1 amide bonds. The molecule has 0 saturated carbocycles. The first-order valence-corrected chi connectivity index (χ1v) is 28.0. The highest BCUT2D eigenvalue weighted by molar-refractivity contribution is 7.87. The molecule has 4 aromatic rings. The minimum atomic E-state index is -5.41. The number of rotatable bonds is 14. The van der Waals surface area contributed by atoms with Gasteiger partial charge in [-0.3, -0.25) is 37.1 Å². The molecule has 25 nitrogen and oxygen atoms in total. The van der Waals surface area contributed by atoms with Crippen LogP contribution in [-0.2, 0) is 78.6 Å². The molecule has 4 aromatic carbocycles. The van der Waals surface area contributed by atoms with Gasteiger partial charge in [0.05, 0.1) is 27.4 Å². The van der Waals surface area contributed by atoms with Crippen molar-refractivity contribution in [3.63, 3.8) is 0 Å². The number of anilines is 1. The van der Waals surface area contributed by atoms with Crippen LogP contribution in [0.4, 0.5) is 5.69 Å². The smallest absolute Gasteiger partial charge is 0.326 e. The molecule has 70 heavy (non-hydrogen) atoms. The number of carbonyl (C=O) groups excluding carboxylic acids is 1. The van der Waals surface area contributed by atoms with E-state index >= 15 is 0 Å². The van der Waals surface area contributed by atoms with Crippen molar-refractivity contribution in [3.8, 4) is 22.5 Å². The monoisotopic (exact) mass is 1090 g/mol. The van der Waals surface area contributed by atoms with E-state index in [1.54, 1.807) is 0 Å². The van der Waals surface area contributed by atoms with Gasteiger partial charge in [0, 0.05) is 47.3 Å². The molecule has 1 saturated heterocycles. The van der Waals surface area contributed by atoms with Crippen LogP contribution in [0.15, 0.2) is 124 Å². The zero-order valence-electron chi connectivity index (χ0n) is 34.8. The number of fused-ring (bicyclic) bond motifs is 2. The van der Waals surface area contributed by atoms with Crippen molar-refractivity contribution in [1.29, 1.82) is 0 Å². The second-order valence-corrected chi connectivity index (χ2v) is 23.6. The van der Waals surface area contributed by atoms with Crippen molar-refractivity contribution in [2.45, 2.75) is 61.3 Å². The fraction of sp³-hybridized carbons (Fsp3) is 0.154. The number of nitrogens with one attached hydrogen (secondary N) is 1. The third kappa shape index (κ3) is 10.6. The van der Waals surface area contributed by atoms with E-state index in [1.165, 1.54) is 24.3 Å². The molecular formula is C39H33N3O22S6. The van der Waals surface area contributed by atoms with Crippen molar-refractivity contribution >= 4 is 89.2 Å². The Morgan fingerprint density at radius 2 is 1.19 bits per heavy atom. The number of hydrogen-bond acceptors (Lipinski definition) is 17. The fourth-order valence-corrected chi connectivity index (χ4v) is 11.7. The standard InChI is InChI=1S/C39H33N3O22S6/c43-38(42-11-3-6-30(42)39(44)45)25-5-2-1-4-24(25)37-26-14-35(69(58,59)60)28(40-18-20-7-9-22(65(46,47)48)12-33(20)67(52,53)54)16-31(26)64-32-17-29(36(15-27(32)37)70(61,62)63)41-19-21-8-10-23(66(49,50)51)13-34(21)68(55,56)57/h1-2,4-5,7-10,12-17,30,40H,3,6,11,18-19H2,(H,44,45)(H,46,47,48)(H,49,50,51)(H,52,53,54)(H,55,56,57)(H,58,59,60)(H,61,62,63)/b41-29+. The maximum Gasteiger partial charge on any atom is 0.326 e. The minimum absolute atomic E-state index is 0.0227. The Labute approximate surface area is 396 Å². The van der Waals surface area contributed by atoms with Crippen molar-refractivity contribution in [1.82, 2.24) is 4.90 Å². The van der Waals surface area contributed by atoms with Crippen molar-refractivity contribution in [3.05, 3.63) is 107 Å². The predicted molar refractivity (Wildman–Crippen MR) is 238 cm³/mol. The number of amides is 1. The van der Waals surface area contributed by atoms with Gasteiger partial charge in [0.1, 0.15) is 37.0 Å². The molecule has 1 atom stereocenters. The molecule has 1 aliphatic carbocycles. The number of carboxylic acid groups (broad SMARTS) is 1. The van der Waals surface area contributed by atoms with E-state index in [-0.39, 0.29) is 52.6 Å². The second kappa shape index (κ2) is 18.2. The molecule has 0 bridgehead atoms. The zero-order valence-corrected chi connectivity index (χ0v) is 39.7. The lowest BCUT2D eigenvalue weighted by atomic mass is 9.90. The molecular weight excluding hydrogens is 1050 g/mol. The first-order chi connectivity index (χ1) is 32.2. The van der Waals surface area contributed by atoms with Gasteiger partial charge in [-0.25, -0.2) is 4.79 Å². The van der Waals surface area contributed by atoms with Crippen LogP contribution in [-0.4, -0.2) is 112 Å². The van der Waals surface area contributed by atoms with Gasteiger partial charge in [0.2, 0.25) is 0 Å². The third-order valence-electron chi connectivity index (χ3n) is 10.8. The van der Waals surface area contributed by atoms with E-state index in [0.29, 0.717) is 12.1 Å². The number of nitrogens with zero attached hydrogens (tertiary/aromatic N) is 2. The topological polar surface area (TPSA) is 421 Å². The summed E-state index contributed by atoms with van der Waals surface area (Å²) < 4.78 is 215. The second-order valence-electron chi connectivity index (χ2n) is 15.2. The molecule has 8 N–H and O–H groups in total. The fourth-order valence-electron chi connectivity index (χ4n) is 7.72. The van der Waals surface area contributed by atoms with Crippen LogP contribution in [0, 0.1) is 0 Å². The maximum atomic E-state index is 14.3. The normalized spacial score (nSPS) is 15.4. The lowest BCUT2D eigenvalue weighted by Gasteiger charge is -2.24. The highest BCUT2D eigenvalue weighted by Gasteiger charge is 2.36. The van der Waals surface area contributed by atoms with Gasteiger partial charge in [-0.1, -0.05) is 30.3 Å². The van der Waals surface area contributed by atoms with Gasteiger partial charge in [0.25, 0.3) is 66.6 Å². The molecule has 31 heteroatoms. The predicted octanol–water partition coefficient (Wildman–Crippen LogP) is 3.09. The molecule has 0 radical (unpaired) electrons. The Morgan fingerprint density at radius 3 is 1.74 bits per heavy atom. The van der Waals surface area contributed by atoms with Gasteiger partial charge >= 0.3 is 5.97 Å². The van der Waals surface area contributed by atoms with Gasteiger partial charge in [-0.05, 0) is 72.0 Å². The summed E-state index contributed by atoms with van der Waals surface area (Å²) in [5.74, 6) is -2.60. The summed E-state index contributed by atoms with van der Waals surface area (Å²) in [6, 6.07) is 11.3. The molecule has 2 aliphatic heterocycles. The average molecular weight is 1090 g/mol. The number of likely N-dealkylation sites (tertiary alicyclic amines) is 1. The summed E-state index contributed by atoms with van der Waals surface area (Å²) >= 11 is 0. The van der Waals surface area contributed by atoms with Crippen LogP contribution in [0.2, 0.25) is 0 Å². The van der Waals surface area contributed by atoms with E-state index in [2.05, 4.69) is 10.3 Å². The van der Waals surface area contributed by atoms with E-state index in [4.69, 9.17) is 4.42 Å². The van der Waals surface area contributed by atoms with Gasteiger partial charge in [-0.15, -0.1) is 0 Å². The molecule has 1 unspecified atom stereocenters. The summed E-state index contributed by atoms with van der Waals surface area (Å²) in [4.78, 5) is 25.5. The van der Waals surface area contributed by atoms with Crippen LogP contribution < -0.4 is 10.7 Å². The Balaban J connectivity index is 1.54. The molecule has 2 heterocycles. The Hall–Kier alpha value is -6.23. The average Bonchev–Trinajstić information content (AvgIpc) is 3.75. The number of aliphatic carboxylic acids is 1. The largest absolute Gasteiger partial charge is 0.480 e. The Kier molecular flexibility index (Phi) is 13.4. The lowest BCUT2D eigenvalue weighted by Crippen LogP contribution is -2.40. The number of benzene rings is 5. The molecule has 0 aromatic heterocycles. The number of carbonyl (C=O) groups is 2. The highest BCUT2D eigenvalue weighted by atomic mass is 32.2. The lowest BCUT2D eigenvalue weighted by molar-refractivity contribution is -0.141. The first-order valence-electron chi connectivity index (χ1n) is 19.3. The van der Waals surface area contributed by atoms with Crippen LogP contribution in [0.1, 0.15) is 34.3 Å². The van der Waals surface area contributed by atoms with Crippen molar-refractivity contribution < 1.29 is 96.9 Å². The van der Waals surface area contributed by atoms with Crippen molar-refractivity contribution in [2.24, 2.45) is 4.99 Å². The zero-order chi connectivity index (χ0) is 51.7. The van der Waals surface area contributed by atoms with Crippen molar-refractivity contribution in [2.75, 3.05) is 11.9 Å². The molecule has 7 rings (SSSR count). The maximum absolute atomic E-state index is 14.3. The first kappa shape index (κ1) is 51.6. The summed E-state index contributed by atoms with van der Waals surface area (Å²) in [5, 5.41) is 11.4. The van der Waals surface area contributed by atoms with E-state index in [0.717, 1.165) is 53.4 Å². The number of hydrogen-bond donors (Lipinski definition) is 8. The van der Waals surface area contributed by atoms with Gasteiger partial charge in [-0.2, -0.15) is 50.5 Å². The molecule has 0 spiro atoms. The van der Waals surface area contributed by atoms with E-state index in [1.807, 2.05) is 0 Å². The van der Waals surface area contributed by atoms with Crippen LogP contribution in [0.25, 0.3) is 33.4 Å². The Bertz CT molecular complexity index is 3970. The summed E-state index contributed by atoms with van der Waals surface area (Å²) in [6.07, 6.45) is 0.356. The summed E-state index contributed by atoms with van der Waals surface area (Å²) in [6.45, 7) is -1.69. The van der Waals surface area contributed by atoms with E-state index in [9.17, 15) is 92.5 Å². The minimum Gasteiger partial charge on any atom is -0.480 e. The third-order valence-corrected chi connectivity index (χ3v) is 16.1. The SMILES string of the molecule is O=C(O)C1CCCN1C(=O)c1ccccc1-c1c2cc(S(=O)(=O)O)/c(=N/Cc3ccc(S(=O)(=O)O)cc3S(=O)(=O)O)cc-2oc2cc(NCc3ccc(S(=O)(=O)O)cc3S(=O)(=O)O)c(S(=O)(=O)O)cc12.